The van der Waals surface area contributed by atoms with Gasteiger partial charge in [-0.25, -0.2) is 4.98 Å². The molecule has 5 nitrogen and oxygen atoms in total. The summed E-state index contributed by atoms with van der Waals surface area (Å²) in [7, 11) is 1.88. The summed E-state index contributed by atoms with van der Waals surface area (Å²) in [6.07, 6.45) is 1.90. The predicted octanol–water partition coefficient (Wildman–Crippen LogP) is 6.94. The van der Waals surface area contributed by atoms with Gasteiger partial charge in [0.05, 0.1) is 0 Å². The fraction of sp³-hybridized carbons (Fsp3) is 0.267. The average molecular weight is 466 g/mol. The Labute approximate surface area is 206 Å². The molecular weight excluding hydrogens is 434 g/mol. The molecule has 0 atom stereocenters. The van der Waals surface area contributed by atoms with E-state index in [-0.39, 0.29) is 11.3 Å². The highest BCUT2D eigenvalue weighted by molar-refractivity contribution is 6.09. The Hall–Kier alpha value is -3.86. The summed E-state index contributed by atoms with van der Waals surface area (Å²) in [6.45, 7) is 7.23. The van der Waals surface area contributed by atoms with Crippen molar-refractivity contribution in [2.24, 2.45) is 0 Å². The number of aromatic nitrogens is 1. The van der Waals surface area contributed by atoms with Gasteiger partial charge in [0, 0.05) is 36.1 Å². The molecule has 0 unspecified atom stereocenters. The normalized spacial score (nSPS) is 13.4. The van der Waals surface area contributed by atoms with Crippen LogP contribution in [-0.2, 0) is 11.8 Å². The highest BCUT2D eigenvalue weighted by Crippen LogP contribution is 2.35. The maximum Gasteiger partial charge on any atom is 0.280 e. The number of oxazole rings is 1. The summed E-state index contributed by atoms with van der Waals surface area (Å²) in [4.78, 5) is 20.5. The molecule has 1 amide bonds. The first kappa shape index (κ1) is 22.9. The summed E-state index contributed by atoms with van der Waals surface area (Å²) in [5.74, 6) is 0.813. The second-order valence-corrected chi connectivity index (χ2v) is 10.0. The van der Waals surface area contributed by atoms with Crippen LogP contribution in [0, 0.1) is 0 Å². The van der Waals surface area contributed by atoms with Crippen LogP contribution in [0.1, 0.15) is 48.8 Å². The molecule has 0 saturated carbocycles. The largest absolute Gasteiger partial charge is 0.435 e. The minimum absolute atomic E-state index is 0.0537. The van der Waals surface area contributed by atoms with E-state index >= 15 is 0 Å². The third-order valence-electron chi connectivity index (χ3n) is 6.62. The van der Waals surface area contributed by atoms with Crippen LogP contribution in [0.5, 0.6) is 0 Å². The number of carbonyl (C=O) groups excluding carboxylic acids is 1. The molecule has 0 fully saturated rings. The second-order valence-electron chi connectivity index (χ2n) is 10.0. The van der Waals surface area contributed by atoms with E-state index in [0.29, 0.717) is 23.9 Å². The van der Waals surface area contributed by atoms with E-state index in [0.717, 1.165) is 35.3 Å². The SMILES string of the molecule is CNc1ccc(-c2oc(-c3ccc(C(C)(C)C)cc3)nc2C(=O)N2CCCc3ccccc32)cc1. The Morgan fingerprint density at radius 1 is 0.943 bits per heavy atom. The molecule has 1 aliphatic heterocycles. The number of fused-ring (bicyclic) bond motifs is 1. The van der Waals surface area contributed by atoms with Crippen LogP contribution < -0.4 is 10.2 Å². The highest BCUT2D eigenvalue weighted by atomic mass is 16.4. The van der Waals surface area contributed by atoms with Crippen molar-refractivity contribution < 1.29 is 9.21 Å². The number of benzene rings is 3. The lowest BCUT2D eigenvalue weighted by Gasteiger charge is -2.29. The summed E-state index contributed by atoms with van der Waals surface area (Å²) in [6, 6.07) is 24.2. The van der Waals surface area contributed by atoms with E-state index in [9.17, 15) is 4.79 Å². The van der Waals surface area contributed by atoms with Crippen molar-refractivity contribution in [1.82, 2.24) is 4.98 Å². The number of anilines is 2. The lowest BCUT2D eigenvalue weighted by molar-refractivity contribution is 0.0981. The topological polar surface area (TPSA) is 58.4 Å². The zero-order valence-corrected chi connectivity index (χ0v) is 20.8. The van der Waals surface area contributed by atoms with Crippen molar-refractivity contribution in [2.75, 3.05) is 23.8 Å². The molecule has 0 bridgehead atoms. The first-order chi connectivity index (χ1) is 16.8. The van der Waals surface area contributed by atoms with E-state index in [1.807, 2.05) is 66.5 Å². The molecule has 0 radical (unpaired) electrons. The van der Waals surface area contributed by atoms with Gasteiger partial charge in [-0.1, -0.05) is 51.1 Å². The first-order valence-electron chi connectivity index (χ1n) is 12.1. The van der Waals surface area contributed by atoms with E-state index < -0.39 is 0 Å². The molecule has 2 heterocycles. The molecule has 0 aliphatic carbocycles. The molecule has 1 aromatic heterocycles. The van der Waals surface area contributed by atoms with E-state index in [4.69, 9.17) is 9.40 Å². The van der Waals surface area contributed by atoms with Gasteiger partial charge in [0.1, 0.15) is 0 Å². The van der Waals surface area contributed by atoms with Crippen molar-refractivity contribution in [3.05, 3.63) is 89.6 Å². The lowest BCUT2D eigenvalue weighted by atomic mass is 9.87. The van der Waals surface area contributed by atoms with Gasteiger partial charge in [0.2, 0.25) is 5.89 Å². The van der Waals surface area contributed by atoms with Crippen molar-refractivity contribution >= 4 is 17.3 Å². The van der Waals surface area contributed by atoms with E-state index in [1.165, 1.54) is 11.1 Å². The first-order valence-corrected chi connectivity index (χ1v) is 12.1. The van der Waals surface area contributed by atoms with Crippen molar-refractivity contribution in [1.29, 1.82) is 0 Å². The number of carbonyl (C=O) groups is 1. The number of hydrogen-bond donors (Lipinski definition) is 1. The van der Waals surface area contributed by atoms with Crippen LogP contribution in [0.4, 0.5) is 11.4 Å². The zero-order valence-electron chi connectivity index (χ0n) is 20.8. The minimum atomic E-state index is -0.133. The van der Waals surface area contributed by atoms with Crippen LogP contribution in [-0.4, -0.2) is 24.5 Å². The Morgan fingerprint density at radius 2 is 1.63 bits per heavy atom. The number of hydrogen-bond acceptors (Lipinski definition) is 4. The lowest BCUT2D eigenvalue weighted by Crippen LogP contribution is -2.35. The Bertz CT molecular complexity index is 1350. The summed E-state index contributed by atoms with van der Waals surface area (Å²) in [5.41, 5.74) is 6.44. The van der Waals surface area contributed by atoms with Crippen LogP contribution in [0.25, 0.3) is 22.8 Å². The maximum absolute atomic E-state index is 13.9. The molecule has 178 valence electrons. The van der Waals surface area contributed by atoms with Crippen LogP contribution >= 0.6 is 0 Å². The van der Waals surface area contributed by atoms with Crippen LogP contribution in [0.2, 0.25) is 0 Å². The standard InChI is InChI=1S/C30H31N3O2/c1-30(2,3)23-15-11-22(12-16-23)28-32-26(27(35-28)21-13-17-24(31-4)18-14-21)29(34)33-19-7-9-20-8-5-6-10-25(20)33/h5-6,8,10-18,31H,7,9,19H2,1-4H3. The third-order valence-corrected chi connectivity index (χ3v) is 6.62. The molecule has 35 heavy (non-hydrogen) atoms. The molecule has 5 rings (SSSR count). The van der Waals surface area contributed by atoms with Gasteiger partial charge >= 0.3 is 0 Å². The predicted molar refractivity (Wildman–Crippen MR) is 142 cm³/mol. The molecule has 0 saturated heterocycles. The molecule has 4 aromatic rings. The monoisotopic (exact) mass is 465 g/mol. The Kier molecular flexibility index (Phi) is 5.93. The quantitative estimate of drug-likeness (QED) is 0.355. The zero-order chi connectivity index (χ0) is 24.6. The second kappa shape index (κ2) is 9.06. The summed E-state index contributed by atoms with van der Waals surface area (Å²) >= 11 is 0. The molecule has 1 N–H and O–H groups in total. The highest BCUT2D eigenvalue weighted by Gasteiger charge is 2.30. The Morgan fingerprint density at radius 3 is 2.31 bits per heavy atom. The average Bonchev–Trinajstić information content (AvgIpc) is 3.33. The van der Waals surface area contributed by atoms with Crippen molar-refractivity contribution in [3.63, 3.8) is 0 Å². The van der Waals surface area contributed by atoms with Gasteiger partial charge in [-0.15, -0.1) is 0 Å². The number of nitrogens with one attached hydrogen (secondary N) is 1. The van der Waals surface area contributed by atoms with E-state index in [1.54, 1.807) is 0 Å². The molecule has 1 aliphatic rings. The molecule has 3 aromatic carbocycles. The maximum atomic E-state index is 13.9. The third kappa shape index (κ3) is 4.46. The summed E-state index contributed by atoms with van der Waals surface area (Å²) < 4.78 is 6.31. The van der Waals surface area contributed by atoms with E-state index in [2.05, 4.69) is 44.3 Å². The smallest absolute Gasteiger partial charge is 0.280 e. The fourth-order valence-corrected chi connectivity index (χ4v) is 4.56. The number of para-hydroxylation sites is 1. The molecular formula is C30H31N3O2. The Balaban J connectivity index is 1.59. The van der Waals surface area contributed by atoms with Gasteiger partial charge in [-0.05, 0) is 71.8 Å². The number of nitrogens with zero attached hydrogens (tertiary/aromatic N) is 2. The molecule has 5 heteroatoms. The number of aryl methyl sites for hydroxylation is 1. The molecule has 0 spiro atoms. The van der Waals surface area contributed by atoms with Gasteiger partial charge in [0.15, 0.2) is 11.5 Å². The van der Waals surface area contributed by atoms with Crippen LogP contribution in [0.3, 0.4) is 0 Å². The van der Waals surface area contributed by atoms with Crippen molar-refractivity contribution in [2.45, 2.75) is 39.0 Å². The number of rotatable bonds is 4. The van der Waals surface area contributed by atoms with Gasteiger partial charge < -0.3 is 14.6 Å². The number of amides is 1. The van der Waals surface area contributed by atoms with Crippen LogP contribution in [0.15, 0.2) is 77.2 Å². The van der Waals surface area contributed by atoms with Gasteiger partial charge in [-0.2, -0.15) is 0 Å². The van der Waals surface area contributed by atoms with Gasteiger partial charge in [0.25, 0.3) is 5.91 Å². The fourth-order valence-electron chi connectivity index (χ4n) is 4.56. The van der Waals surface area contributed by atoms with Gasteiger partial charge in [-0.3, -0.25) is 4.79 Å². The minimum Gasteiger partial charge on any atom is -0.435 e. The van der Waals surface area contributed by atoms with Crippen molar-refractivity contribution in [3.8, 4) is 22.8 Å². The summed E-state index contributed by atoms with van der Waals surface area (Å²) in [5, 5.41) is 3.13.